The maximum absolute atomic E-state index is 5.78. The number of rotatable bonds is 9. The van der Waals surface area contributed by atoms with Crippen molar-refractivity contribution in [3.8, 4) is 0 Å². The third kappa shape index (κ3) is 7.34. The SMILES string of the molecule is CCN(CC)CCCCNC(=NC)NCc1ncc(C(C)(C)C)o1. The van der Waals surface area contributed by atoms with Crippen LogP contribution in [0.15, 0.2) is 15.6 Å². The second kappa shape index (κ2) is 10.3. The third-order valence-electron chi connectivity index (χ3n) is 4.01. The molecule has 0 radical (unpaired) electrons. The Bertz CT molecular complexity index is 486. The van der Waals surface area contributed by atoms with Gasteiger partial charge in [0.25, 0.3) is 0 Å². The average Bonchev–Trinajstić information content (AvgIpc) is 3.03. The Labute approximate surface area is 147 Å². The molecule has 0 aliphatic heterocycles. The molecule has 6 heteroatoms. The molecule has 1 heterocycles. The van der Waals surface area contributed by atoms with Crippen LogP contribution in [-0.2, 0) is 12.0 Å². The maximum atomic E-state index is 5.78. The van der Waals surface area contributed by atoms with Crippen molar-refractivity contribution in [2.24, 2.45) is 4.99 Å². The van der Waals surface area contributed by atoms with Crippen molar-refractivity contribution in [3.05, 3.63) is 17.8 Å². The molecule has 0 aromatic carbocycles. The van der Waals surface area contributed by atoms with Gasteiger partial charge < -0.3 is 20.0 Å². The quantitative estimate of drug-likeness (QED) is 0.412. The minimum Gasteiger partial charge on any atom is -0.443 e. The van der Waals surface area contributed by atoms with E-state index in [0.717, 1.165) is 44.3 Å². The van der Waals surface area contributed by atoms with E-state index in [2.05, 4.69) is 60.1 Å². The predicted molar refractivity (Wildman–Crippen MR) is 100 cm³/mol. The van der Waals surface area contributed by atoms with Gasteiger partial charge in [-0.3, -0.25) is 4.99 Å². The van der Waals surface area contributed by atoms with E-state index in [4.69, 9.17) is 4.42 Å². The number of hydrogen-bond acceptors (Lipinski definition) is 4. The molecule has 0 unspecified atom stereocenters. The highest BCUT2D eigenvalue weighted by Crippen LogP contribution is 2.22. The summed E-state index contributed by atoms with van der Waals surface area (Å²) in [7, 11) is 1.78. The zero-order valence-corrected chi connectivity index (χ0v) is 16.3. The van der Waals surface area contributed by atoms with Crippen molar-refractivity contribution in [2.45, 2.75) is 59.4 Å². The molecule has 0 atom stereocenters. The van der Waals surface area contributed by atoms with Gasteiger partial charge in [0.05, 0.1) is 12.7 Å². The fraction of sp³-hybridized carbons (Fsp3) is 0.778. The highest BCUT2D eigenvalue weighted by Gasteiger charge is 2.19. The van der Waals surface area contributed by atoms with Crippen molar-refractivity contribution in [1.82, 2.24) is 20.5 Å². The van der Waals surface area contributed by atoms with Gasteiger partial charge in [0.2, 0.25) is 5.89 Å². The Hall–Kier alpha value is -1.56. The van der Waals surface area contributed by atoms with Gasteiger partial charge in [-0.2, -0.15) is 0 Å². The van der Waals surface area contributed by atoms with E-state index in [-0.39, 0.29) is 5.41 Å². The van der Waals surface area contributed by atoms with Gasteiger partial charge in [0.1, 0.15) is 5.76 Å². The summed E-state index contributed by atoms with van der Waals surface area (Å²) >= 11 is 0. The summed E-state index contributed by atoms with van der Waals surface area (Å²) in [6, 6.07) is 0. The standard InChI is InChI=1S/C18H35N5O/c1-7-23(8-2)12-10-9-11-20-17(19-6)22-14-16-21-13-15(24-16)18(3,4)5/h13H,7-12,14H2,1-6H3,(H2,19,20,22). The van der Waals surface area contributed by atoms with Crippen LogP contribution in [0, 0.1) is 0 Å². The normalized spacial score (nSPS) is 12.7. The number of oxazole rings is 1. The molecule has 0 spiro atoms. The molecule has 0 fully saturated rings. The van der Waals surface area contributed by atoms with Gasteiger partial charge in [-0.15, -0.1) is 0 Å². The molecule has 138 valence electrons. The van der Waals surface area contributed by atoms with Crippen molar-refractivity contribution < 1.29 is 4.42 Å². The maximum Gasteiger partial charge on any atom is 0.213 e. The highest BCUT2D eigenvalue weighted by molar-refractivity contribution is 5.79. The smallest absolute Gasteiger partial charge is 0.213 e. The second-order valence-corrected chi connectivity index (χ2v) is 6.95. The number of nitrogens with one attached hydrogen (secondary N) is 2. The van der Waals surface area contributed by atoms with Crippen LogP contribution in [0.25, 0.3) is 0 Å². The number of aliphatic imine (C=N–C) groups is 1. The van der Waals surface area contributed by atoms with Gasteiger partial charge in [-0.05, 0) is 32.5 Å². The molecule has 0 amide bonds. The molecule has 0 aliphatic rings. The Balaban J connectivity index is 2.27. The van der Waals surface area contributed by atoms with E-state index in [1.165, 1.54) is 6.42 Å². The van der Waals surface area contributed by atoms with Gasteiger partial charge >= 0.3 is 0 Å². The van der Waals surface area contributed by atoms with Gasteiger partial charge in [-0.25, -0.2) is 4.98 Å². The topological polar surface area (TPSA) is 65.7 Å². The monoisotopic (exact) mass is 337 g/mol. The molecular formula is C18H35N5O. The number of aromatic nitrogens is 1. The first kappa shape index (κ1) is 20.5. The van der Waals surface area contributed by atoms with Crippen LogP contribution in [0.1, 0.15) is 59.1 Å². The van der Waals surface area contributed by atoms with Gasteiger partial charge in [0.15, 0.2) is 5.96 Å². The number of unbranched alkanes of at least 4 members (excludes halogenated alkanes) is 1. The Morgan fingerprint density at radius 3 is 2.46 bits per heavy atom. The molecule has 24 heavy (non-hydrogen) atoms. The summed E-state index contributed by atoms with van der Waals surface area (Å²) in [5.74, 6) is 2.37. The number of nitrogens with zero attached hydrogens (tertiary/aromatic N) is 3. The van der Waals surface area contributed by atoms with Crippen LogP contribution in [-0.4, -0.2) is 49.1 Å². The van der Waals surface area contributed by atoms with Gasteiger partial charge in [-0.1, -0.05) is 34.6 Å². The summed E-state index contributed by atoms with van der Waals surface area (Å²) in [4.78, 5) is 11.0. The summed E-state index contributed by atoms with van der Waals surface area (Å²) in [5, 5.41) is 6.58. The molecule has 0 saturated heterocycles. The molecular weight excluding hydrogens is 302 g/mol. The first-order valence-corrected chi connectivity index (χ1v) is 9.02. The summed E-state index contributed by atoms with van der Waals surface area (Å²) in [5.41, 5.74) is -0.0178. The largest absolute Gasteiger partial charge is 0.443 e. The second-order valence-electron chi connectivity index (χ2n) is 6.95. The predicted octanol–water partition coefficient (Wildman–Crippen LogP) is 2.76. The van der Waals surface area contributed by atoms with E-state index in [1.54, 1.807) is 13.2 Å². The lowest BCUT2D eigenvalue weighted by Gasteiger charge is -2.17. The highest BCUT2D eigenvalue weighted by atomic mass is 16.4. The van der Waals surface area contributed by atoms with E-state index >= 15 is 0 Å². The summed E-state index contributed by atoms with van der Waals surface area (Å²) in [6.45, 7) is 15.6. The zero-order valence-electron chi connectivity index (χ0n) is 16.3. The molecule has 0 aliphatic carbocycles. The lowest BCUT2D eigenvalue weighted by molar-refractivity contribution is 0.297. The Morgan fingerprint density at radius 1 is 1.21 bits per heavy atom. The van der Waals surface area contributed by atoms with Crippen LogP contribution >= 0.6 is 0 Å². The van der Waals surface area contributed by atoms with Crippen LogP contribution in [0.4, 0.5) is 0 Å². The first-order valence-electron chi connectivity index (χ1n) is 9.02. The summed E-state index contributed by atoms with van der Waals surface area (Å²) in [6.07, 6.45) is 4.13. The zero-order chi connectivity index (χ0) is 18.0. The molecule has 0 bridgehead atoms. The Kier molecular flexibility index (Phi) is 8.82. The first-order chi connectivity index (χ1) is 11.4. The van der Waals surface area contributed by atoms with Crippen LogP contribution in [0.5, 0.6) is 0 Å². The molecule has 0 saturated carbocycles. The van der Waals surface area contributed by atoms with Crippen LogP contribution in [0.2, 0.25) is 0 Å². The van der Waals surface area contributed by atoms with Crippen molar-refractivity contribution in [2.75, 3.05) is 33.2 Å². The lowest BCUT2D eigenvalue weighted by atomic mass is 9.94. The minimum absolute atomic E-state index is 0.0178. The van der Waals surface area contributed by atoms with Crippen LogP contribution < -0.4 is 10.6 Å². The fourth-order valence-corrected chi connectivity index (χ4v) is 2.33. The molecule has 6 nitrogen and oxygen atoms in total. The van der Waals surface area contributed by atoms with E-state index < -0.39 is 0 Å². The fourth-order valence-electron chi connectivity index (χ4n) is 2.33. The van der Waals surface area contributed by atoms with E-state index in [1.807, 2.05) is 0 Å². The van der Waals surface area contributed by atoms with Crippen LogP contribution in [0.3, 0.4) is 0 Å². The molecule has 1 aromatic rings. The number of guanidine groups is 1. The van der Waals surface area contributed by atoms with Crippen molar-refractivity contribution in [3.63, 3.8) is 0 Å². The summed E-state index contributed by atoms with van der Waals surface area (Å²) < 4.78 is 5.78. The van der Waals surface area contributed by atoms with E-state index in [0.29, 0.717) is 12.4 Å². The molecule has 1 rings (SSSR count). The minimum atomic E-state index is -0.0178. The number of hydrogen-bond donors (Lipinski definition) is 2. The van der Waals surface area contributed by atoms with Crippen molar-refractivity contribution in [1.29, 1.82) is 0 Å². The Morgan fingerprint density at radius 2 is 1.92 bits per heavy atom. The molecule has 2 N–H and O–H groups in total. The van der Waals surface area contributed by atoms with Gasteiger partial charge in [0, 0.05) is 19.0 Å². The van der Waals surface area contributed by atoms with E-state index in [9.17, 15) is 0 Å². The lowest BCUT2D eigenvalue weighted by Crippen LogP contribution is -2.37. The third-order valence-corrected chi connectivity index (χ3v) is 4.01. The molecule has 1 aromatic heterocycles. The average molecular weight is 338 g/mol. The van der Waals surface area contributed by atoms with Crippen molar-refractivity contribution >= 4 is 5.96 Å².